The van der Waals surface area contributed by atoms with Gasteiger partial charge >= 0.3 is 0 Å². The quantitative estimate of drug-likeness (QED) is 0.776. The minimum absolute atomic E-state index is 0.583. The molecule has 0 amide bonds. The topological polar surface area (TPSA) is 12.0 Å². The molecule has 1 aliphatic rings. The van der Waals surface area contributed by atoms with E-state index in [0.29, 0.717) is 6.04 Å². The van der Waals surface area contributed by atoms with E-state index < -0.39 is 0 Å². The molecule has 0 aliphatic carbocycles. The lowest BCUT2D eigenvalue weighted by Gasteiger charge is -2.28. The van der Waals surface area contributed by atoms with E-state index >= 15 is 0 Å². The second-order valence-electron chi connectivity index (χ2n) is 3.32. The maximum atomic E-state index is 3.58. The van der Waals surface area contributed by atoms with Crippen LogP contribution < -0.4 is 5.32 Å². The van der Waals surface area contributed by atoms with Gasteiger partial charge in [-0.25, -0.2) is 0 Å². The summed E-state index contributed by atoms with van der Waals surface area (Å²) in [4.78, 5) is 0. The first-order valence-electron chi connectivity index (χ1n) is 4.27. The molecule has 0 unspecified atom stereocenters. The Morgan fingerprint density at radius 1 is 1.50 bits per heavy atom. The summed E-state index contributed by atoms with van der Waals surface area (Å²) in [6.07, 6.45) is 1.27. The smallest absolute Gasteiger partial charge is 0.0343 e. The monoisotopic (exact) mass is 225 g/mol. The van der Waals surface area contributed by atoms with E-state index in [2.05, 4.69) is 46.4 Å². The highest BCUT2D eigenvalue weighted by molar-refractivity contribution is 9.10. The number of rotatable bonds is 1. The van der Waals surface area contributed by atoms with Gasteiger partial charge in [-0.3, -0.25) is 0 Å². The van der Waals surface area contributed by atoms with Crippen molar-refractivity contribution in [3.05, 3.63) is 33.8 Å². The van der Waals surface area contributed by atoms with Gasteiger partial charge < -0.3 is 5.32 Å². The molecule has 1 aromatic carbocycles. The van der Waals surface area contributed by atoms with Gasteiger partial charge in [0.2, 0.25) is 0 Å². The van der Waals surface area contributed by atoms with Crippen LogP contribution in [0.15, 0.2) is 22.7 Å². The lowest BCUT2D eigenvalue weighted by Crippen LogP contribution is -2.35. The van der Waals surface area contributed by atoms with Crippen molar-refractivity contribution in [2.24, 2.45) is 0 Å². The van der Waals surface area contributed by atoms with Crippen LogP contribution >= 0.6 is 15.9 Å². The normalized spacial score (nSPS) is 22.0. The van der Waals surface area contributed by atoms with E-state index in [1.165, 1.54) is 22.0 Å². The lowest BCUT2D eigenvalue weighted by molar-refractivity contribution is 0.382. The highest BCUT2D eigenvalue weighted by Crippen LogP contribution is 2.29. The molecule has 1 fully saturated rings. The highest BCUT2D eigenvalue weighted by atomic mass is 79.9. The molecule has 1 N–H and O–H groups in total. The molecule has 0 bridgehead atoms. The molecule has 1 nitrogen and oxygen atoms in total. The van der Waals surface area contributed by atoms with Gasteiger partial charge in [-0.2, -0.15) is 0 Å². The molecule has 1 atom stereocenters. The third-order valence-electron chi connectivity index (χ3n) is 2.36. The van der Waals surface area contributed by atoms with Crippen molar-refractivity contribution in [3.8, 4) is 0 Å². The van der Waals surface area contributed by atoms with Crippen LogP contribution in [-0.2, 0) is 0 Å². The SMILES string of the molecule is Cc1ccc([C@H]2CCN2)c(Br)c1. The average Bonchev–Trinajstić information content (AvgIpc) is 1.91. The van der Waals surface area contributed by atoms with Crippen molar-refractivity contribution >= 4 is 15.9 Å². The van der Waals surface area contributed by atoms with Gasteiger partial charge in [0.25, 0.3) is 0 Å². The Hall–Kier alpha value is -0.340. The van der Waals surface area contributed by atoms with Crippen LogP contribution in [0.5, 0.6) is 0 Å². The second kappa shape index (κ2) is 3.19. The van der Waals surface area contributed by atoms with Gasteiger partial charge in [-0.1, -0.05) is 28.1 Å². The molecule has 0 spiro atoms. The van der Waals surface area contributed by atoms with Crippen LogP contribution in [0.1, 0.15) is 23.6 Å². The van der Waals surface area contributed by atoms with Crippen molar-refractivity contribution in [2.45, 2.75) is 19.4 Å². The molecular formula is C10H12BrN. The van der Waals surface area contributed by atoms with Crippen molar-refractivity contribution < 1.29 is 0 Å². The predicted octanol–water partition coefficient (Wildman–Crippen LogP) is 2.79. The van der Waals surface area contributed by atoms with Crippen LogP contribution in [0.25, 0.3) is 0 Å². The Morgan fingerprint density at radius 3 is 2.75 bits per heavy atom. The van der Waals surface area contributed by atoms with Gasteiger partial charge in [0, 0.05) is 10.5 Å². The number of nitrogens with one attached hydrogen (secondary N) is 1. The van der Waals surface area contributed by atoms with Gasteiger partial charge in [-0.15, -0.1) is 0 Å². The maximum Gasteiger partial charge on any atom is 0.0343 e. The number of hydrogen-bond donors (Lipinski definition) is 1. The zero-order valence-electron chi connectivity index (χ0n) is 7.10. The Kier molecular flexibility index (Phi) is 2.20. The lowest BCUT2D eigenvalue weighted by atomic mass is 9.97. The number of hydrogen-bond acceptors (Lipinski definition) is 1. The van der Waals surface area contributed by atoms with E-state index in [9.17, 15) is 0 Å². The Morgan fingerprint density at radius 2 is 2.25 bits per heavy atom. The van der Waals surface area contributed by atoms with Crippen molar-refractivity contribution in [3.63, 3.8) is 0 Å². The minimum Gasteiger partial charge on any atom is -0.310 e. The van der Waals surface area contributed by atoms with Crippen LogP contribution in [0, 0.1) is 6.92 Å². The zero-order chi connectivity index (χ0) is 8.55. The van der Waals surface area contributed by atoms with E-state index in [-0.39, 0.29) is 0 Å². The van der Waals surface area contributed by atoms with Gasteiger partial charge in [0.05, 0.1) is 0 Å². The standard InChI is InChI=1S/C10H12BrN/c1-7-2-3-8(9(11)6-7)10-4-5-12-10/h2-3,6,10,12H,4-5H2,1H3/t10-/m1/s1. The van der Waals surface area contributed by atoms with E-state index in [1.54, 1.807) is 0 Å². The molecule has 0 aromatic heterocycles. The van der Waals surface area contributed by atoms with Crippen molar-refractivity contribution in [2.75, 3.05) is 6.54 Å². The zero-order valence-corrected chi connectivity index (χ0v) is 8.69. The van der Waals surface area contributed by atoms with Crippen molar-refractivity contribution in [1.29, 1.82) is 0 Å². The fraction of sp³-hybridized carbons (Fsp3) is 0.400. The first-order valence-corrected chi connectivity index (χ1v) is 5.06. The van der Waals surface area contributed by atoms with Crippen LogP contribution in [-0.4, -0.2) is 6.54 Å². The summed E-state index contributed by atoms with van der Waals surface area (Å²) in [7, 11) is 0. The predicted molar refractivity (Wildman–Crippen MR) is 54.2 cm³/mol. The van der Waals surface area contributed by atoms with Crippen molar-refractivity contribution in [1.82, 2.24) is 5.32 Å². The second-order valence-corrected chi connectivity index (χ2v) is 4.17. The fourth-order valence-electron chi connectivity index (χ4n) is 1.47. The number of aryl methyl sites for hydroxylation is 1. The largest absolute Gasteiger partial charge is 0.310 e. The molecule has 1 aliphatic heterocycles. The third kappa shape index (κ3) is 1.41. The first-order chi connectivity index (χ1) is 5.77. The summed E-state index contributed by atoms with van der Waals surface area (Å²) >= 11 is 3.58. The Balaban J connectivity index is 2.31. The average molecular weight is 226 g/mol. The molecule has 0 saturated carbocycles. The third-order valence-corrected chi connectivity index (χ3v) is 3.04. The molecule has 1 heterocycles. The molecule has 2 heteroatoms. The molecule has 12 heavy (non-hydrogen) atoms. The minimum atomic E-state index is 0.583. The maximum absolute atomic E-state index is 3.58. The van der Waals surface area contributed by atoms with E-state index in [4.69, 9.17) is 0 Å². The van der Waals surface area contributed by atoms with Crippen LogP contribution in [0.2, 0.25) is 0 Å². The van der Waals surface area contributed by atoms with E-state index in [0.717, 1.165) is 6.54 Å². The molecule has 1 aromatic rings. The van der Waals surface area contributed by atoms with Crippen LogP contribution in [0.4, 0.5) is 0 Å². The summed E-state index contributed by atoms with van der Waals surface area (Å²) in [5.41, 5.74) is 2.71. The van der Waals surface area contributed by atoms with Gasteiger partial charge in [-0.05, 0) is 37.1 Å². The highest BCUT2D eigenvalue weighted by Gasteiger charge is 2.20. The molecule has 2 rings (SSSR count). The summed E-state index contributed by atoms with van der Waals surface area (Å²) in [5, 5.41) is 3.39. The van der Waals surface area contributed by atoms with Gasteiger partial charge in [0.1, 0.15) is 0 Å². The molecular weight excluding hydrogens is 214 g/mol. The fourth-order valence-corrected chi connectivity index (χ4v) is 2.24. The summed E-state index contributed by atoms with van der Waals surface area (Å²) in [6.45, 7) is 3.27. The molecule has 0 radical (unpaired) electrons. The van der Waals surface area contributed by atoms with E-state index in [1.807, 2.05) is 0 Å². The van der Waals surface area contributed by atoms with Crippen LogP contribution in [0.3, 0.4) is 0 Å². The number of halogens is 1. The Bertz CT molecular complexity index is 292. The molecule has 1 saturated heterocycles. The summed E-state index contributed by atoms with van der Waals surface area (Å²) in [5.74, 6) is 0. The number of benzene rings is 1. The summed E-state index contributed by atoms with van der Waals surface area (Å²) < 4.78 is 1.24. The molecule has 64 valence electrons. The summed E-state index contributed by atoms with van der Waals surface area (Å²) in [6, 6.07) is 7.13. The Labute approximate surface area is 81.3 Å². The first kappa shape index (κ1) is 8.27. The van der Waals surface area contributed by atoms with Gasteiger partial charge in [0.15, 0.2) is 0 Å².